The molecule has 184 valence electrons. The number of piperidine rings is 1. The molecule has 11 heteroatoms. The van der Waals surface area contributed by atoms with Crippen LogP contribution in [0.25, 0.3) is 10.6 Å². The molecule has 0 aliphatic carbocycles. The summed E-state index contributed by atoms with van der Waals surface area (Å²) in [6.07, 6.45) is 5.14. The lowest BCUT2D eigenvalue weighted by Gasteiger charge is -2.33. The van der Waals surface area contributed by atoms with Crippen LogP contribution in [-0.4, -0.2) is 47.0 Å². The van der Waals surface area contributed by atoms with Gasteiger partial charge in [-0.3, -0.25) is 14.6 Å². The number of anilines is 3. The van der Waals surface area contributed by atoms with Crippen LogP contribution in [0, 0.1) is 5.82 Å². The van der Waals surface area contributed by atoms with Crippen molar-refractivity contribution >= 4 is 39.5 Å². The fourth-order valence-corrected chi connectivity index (χ4v) is 4.80. The Hall–Kier alpha value is -3.57. The number of nitrogen functional groups attached to an aromatic ring is 1. The molecule has 0 saturated carbocycles. The van der Waals surface area contributed by atoms with Crippen molar-refractivity contribution in [3.63, 3.8) is 0 Å². The summed E-state index contributed by atoms with van der Waals surface area (Å²) in [7, 11) is 0. The molecule has 1 unspecified atom stereocenters. The highest BCUT2D eigenvalue weighted by atomic mass is 32.1. The van der Waals surface area contributed by atoms with Gasteiger partial charge in [0.2, 0.25) is 0 Å². The number of nitrogens with one attached hydrogen (secondary N) is 2. The van der Waals surface area contributed by atoms with Gasteiger partial charge in [-0.2, -0.15) is 0 Å². The number of halogens is 1. The third-order valence-electron chi connectivity index (χ3n) is 5.59. The Kier molecular flexibility index (Phi) is 7.27. The van der Waals surface area contributed by atoms with Crippen LogP contribution in [-0.2, 0) is 0 Å². The van der Waals surface area contributed by atoms with Crippen LogP contribution in [0.15, 0.2) is 36.7 Å². The van der Waals surface area contributed by atoms with Crippen molar-refractivity contribution in [2.45, 2.75) is 38.8 Å². The molecule has 9 nitrogen and oxygen atoms in total. The Bertz CT molecular complexity index is 1250. The Balaban J connectivity index is 1.59. The predicted octanol–water partition coefficient (Wildman–Crippen LogP) is 3.24. The minimum atomic E-state index is -0.567. The number of amides is 2. The average molecular weight is 498 g/mol. The third kappa shape index (κ3) is 5.57. The number of thiazole rings is 1. The van der Waals surface area contributed by atoms with Crippen molar-refractivity contribution in [1.29, 1.82) is 0 Å². The summed E-state index contributed by atoms with van der Waals surface area (Å²) in [5.41, 5.74) is 13.9. The van der Waals surface area contributed by atoms with Crippen LogP contribution in [0.5, 0.6) is 0 Å². The van der Waals surface area contributed by atoms with Crippen molar-refractivity contribution < 1.29 is 14.0 Å². The van der Waals surface area contributed by atoms with Gasteiger partial charge >= 0.3 is 0 Å². The van der Waals surface area contributed by atoms with Gasteiger partial charge in [0.15, 0.2) is 5.69 Å². The maximum atomic E-state index is 14.6. The molecule has 1 aliphatic rings. The van der Waals surface area contributed by atoms with Gasteiger partial charge in [-0.15, -0.1) is 0 Å². The molecule has 1 aliphatic heterocycles. The predicted molar refractivity (Wildman–Crippen MR) is 136 cm³/mol. The van der Waals surface area contributed by atoms with Crippen LogP contribution < -0.4 is 27.0 Å². The highest BCUT2D eigenvalue weighted by molar-refractivity contribution is 7.19. The van der Waals surface area contributed by atoms with Gasteiger partial charge in [0, 0.05) is 42.5 Å². The first-order chi connectivity index (χ1) is 16.7. The van der Waals surface area contributed by atoms with Crippen molar-refractivity contribution in [1.82, 2.24) is 15.3 Å². The molecule has 1 aromatic carbocycles. The summed E-state index contributed by atoms with van der Waals surface area (Å²) in [6.45, 7) is 5.17. The number of rotatable bonds is 6. The molecule has 1 fully saturated rings. The van der Waals surface area contributed by atoms with E-state index >= 15 is 0 Å². The average Bonchev–Trinajstić information content (AvgIpc) is 3.20. The van der Waals surface area contributed by atoms with E-state index in [0.29, 0.717) is 12.2 Å². The van der Waals surface area contributed by atoms with E-state index in [0.717, 1.165) is 36.4 Å². The molecule has 1 atom stereocenters. The fourth-order valence-electron chi connectivity index (χ4n) is 3.96. The summed E-state index contributed by atoms with van der Waals surface area (Å²) in [5, 5.41) is 5.95. The topological polar surface area (TPSA) is 139 Å². The molecular formula is C24H28FN7O2S. The van der Waals surface area contributed by atoms with Crippen molar-refractivity contribution in [3.8, 4) is 10.6 Å². The molecule has 35 heavy (non-hydrogen) atoms. The molecule has 3 aromatic rings. The zero-order valence-corrected chi connectivity index (χ0v) is 20.4. The van der Waals surface area contributed by atoms with Crippen molar-refractivity contribution in [3.05, 3.63) is 53.7 Å². The summed E-state index contributed by atoms with van der Waals surface area (Å²) >= 11 is 0.979. The van der Waals surface area contributed by atoms with Gasteiger partial charge in [-0.25, -0.2) is 9.37 Å². The molecule has 0 radical (unpaired) electrons. The van der Waals surface area contributed by atoms with Crippen LogP contribution >= 0.6 is 11.3 Å². The van der Waals surface area contributed by atoms with Crippen molar-refractivity contribution in [2.24, 2.45) is 5.73 Å². The van der Waals surface area contributed by atoms with Crippen LogP contribution in [0.3, 0.4) is 0 Å². The van der Waals surface area contributed by atoms with Gasteiger partial charge in [0.05, 0.1) is 17.6 Å². The van der Waals surface area contributed by atoms with Gasteiger partial charge in [-0.1, -0.05) is 11.3 Å². The second-order valence-electron chi connectivity index (χ2n) is 8.75. The molecule has 1 saturated heterocycles. The van der Waals surface area contributed by atoms with E-state index in [-0.39, 0.29) is 44.8 Å². The Labute approximate surface area is 206 Å². The first kappa shape index (κ1) is 24.6. The van der Waals surface area contributed by atoms with Gasteiger partial charge in [-0.05, 0) is 51.0 Å². The molecule has 0 spiro atoms. The van der Waals surface area contributed by atoms with Crippen molar-refractivity contribution in [2.75, 3.05) is 29.0 Å². The molecule has 2 aromatic heterocycles. The minimum Gasteiger partial charge on any atom is -0.389 e. The van der Waals surface area contributed by atoms with E-state index in [1.165, 1.54) is 18.2 Å². The molecule has 0 bridgehead atoms. The van der Waals surface area contributed by atoms with E-state index in [1.807, 2.05) is 19.9 Å². The Morgan fingerprint density at radius 3 is 2.80 bits per heavy atom. The van der Waals surface area contributed by atoms with Gasteiger partial charge in [0.1, 0.15) is 15.8 Å². The number of carbonyl (C=O) groups is 2. The zero-order valence-electron chi connectivity index (χ0n) is 19.5. The SMILES string of the molecule is CC(C)NC(=O)c1ccc(F)c(-c2nc(C(=O)Nc3cnccc3N3CCCC(N)C3)c(N)s2)c1. The highest BCUT2D eigenvalue weighted by Crippen LogP contribution is 2.34. The molecule has 2 amide bonds. The lowest BCUT2D eigenvalue weighted by Crippen LogP contribution is -2.43. The number of pyridine rings is 1. The summed E-state index contributed by atoms with van der Waals surface area (Å²) in [4.78, 5) is 36.0. The number of hydrogen-bond acceptors (Lipinski definition) is 8. The number of hydrogen-bond donors (Lipinski definition) is 4. The zero-order chi connectivity index (χ0) is 25.1. The highest BCUT2D eigenvalue weighted by Gasteiger charge is 2.23. The maximum absolute atomic E-state index is 14.6. The third-order valence-corrected chi connectivity index (χ3v) is 6.51. The standard InChI is InChI=1S/C24H28FN7O2S/c1-13(2)29-22(33)14-5-6-17(25)16(10-14)24-31-20(21(27)35-24)23(34)30-18-11-28-8-7-19(18)32-9-3-4-15(26)12-32/h5-8,10-11,13,15H,3-4,9,12,26-27H2,1-2H3,(H,29,33)(H,30,34). The number of nitrogens with zero attached hydrogens (tertiary/aromatic N) is 3. The van der Waals surface area contributed by atoms with Gasteiger partial charge < -0.3 is 27.0 Å². The normalized spacial score (nSPS) is 15.8. The number of aromatic nitrogens is 2. The molecular weight excluding hydrogens is 469 g/mol. The van der Waals surface area contributed by atoms with Gasteiger partial charge in [0.25, 0.3) is 11.8 Å². The van der Waals surface area contributed by atoms with E-state index in [1.54, 1.807) is 12.4 Å². The van der Waals surface area contributed by atoms with Crippen LogP contribution in [0.1, 0.15) is 47.5 Å². The second kappa shape index (κ2) is 10.4. The van der Waals surface area contributed by atoms with E-state index in [4.69, 9.17) is 11.5 Å². The maximum Gasteiger partial charge on any atom is 0.277 e. The first-order valence-corrected chi connectivity index (χ1v) is 12.2. The largest absolute Gasteiger partial charge is 0.389 e. The Morgan fingerprint density at radius 2 is 2.06 bits per heavy atom. The summed E-state index contributed by atoms with van der Waals surface area (Å²) in [5.74, 6) is -1.43. The number of nitrogens with two attached hydrogens (primary N) is 2. The fraction of sp³-hybridized carbons (Fsp3) is 0.333. The van der Waals surface area contributed by atoms with E-state index in [2.05, 4.69) is 25.5 Å². The van der Waals surface area contributed by atoms with Crippen LogP contribution in [0.2, 0.25) is 0 Å². The molecule has 6 N–H and O–H groups in total. The lowest BCUT2D eigenvalue weighted by molar-refractivity contribution is 0.0942. The second-order valence-corrected chi connectivity index (χ2v) is 9.78. The lowest BCUT2D eigenvalue weighted by atomic mass is 10.1. The first-order valence-electron chi connectivity index (χ1n) is 11.4. The summed E-state index contributed by atoms with van der Waals surface area (Å²) in [6, 6.07) is 5.83. The molecule has 3 heterocycles. The quantitative estimate of drug-likeness (QED) is 0.410. The summed E-state index contributed by atoms with van der Waals surface area (Å²) < 4.78 is 14.6. The van der Waals surface area contributed by atoms with Crippen LogP contribution in [0.4, 0.5) is 20.8 Å². The van der Waals surface area contributed by atoms with E-state index in [9.17, 15) is 14.0 Å². The molecule has 4 rings (SSSR count). The smallest absolute Gasteiger partial charge is 0.277 e. The monoisotopic (exact) mass is 497 g/mol. The minimum absolute atomic E-state index is 0.0217. The van der Waals surface area contributed by atoms with E-state index < -0.39 is 11.7 Å². The Morgan fingerprint density at radius 1 is 1.26 bits per heavy atom. The number of benzene rings is 1. The number of carbonyl (C=O) groups excluding carboxylic acids is 2.